The van der Waals surface area contributed by atoms with Crippen LogP contribution in [0.4, 0.5) is 10.5 Å². The van der Waals surface area contributed by atoms with Crippen LogP contribution in [0.2, 0.25) is 0 Å². The number of sulfonamides is 1. The van der Waals surface area contributed by atoms with E-state index in [2.05, 4.69) is 4.74 Å². The van der Waals surface area contributed by atoms with E-state index < -0.39 is 54.7 Å². The number of sulfone groups is 1. The van der Waals surface area contributed by atoms with E-state index in [1.54, 1.807) is 4.72 Å². The average molecular weight is 473 g/mol. The first-order valence-electron chi connectivity index (χ1n) is 9.97. The van der Waals surface area contributed by atoms with E-state index in [1.165, 1.54) is 19.1 Å². The van der Waals surface area contributed by atoms with E-state index in [1.807, 2.05) is 0 Å². The van der Waals surface area contributed by atoms with Gasteiger partial charge in [0.25, 0.3) is 15.9 Å². The summed E-state index contributed by atoms with van der Waals surface area (Å²) in [6.45, 7) is 1.51. The predicted octanol–water partition coefficient (Wildman–Crippen LogP) is 1.50. The highest BCUT2D eigenvalue weighted by Crippen LogP contribution is 2.33. The van der Waals surface area contributed by atoms with Crippen molar-refractivity contribution in [3.63, 3.8) is 0 Å². The van der Waals surface area contributed by atoms with Gasteiger partial charge in [-0.05, 0) is 44.0 Å². The van der Waals surface area contributed by atoms with Gasteiger partial charge in [0.1, 0.15) is 5.25 Å². The monoisotopic (exact) mass is 472 g/mol. The van der Waals surface area contributed by atoms with Crippen molar-refractivity contribution in [3.8, 4) is 0 Å². The standard InChI is InChI=1S/C19H24N2O8S2/c1-2-29-19(24)20-31(27,28)15-10-8-13(9-11-15)21-17(22)12-16(18(21)23)30(25,26)14-6-4-3-5-7-14/h8-11,14,16H,2-7,12H2,1H3,(H,20,24). The normalized spacial score (nSPS) is 20.7. The Hall–Kier alpha value is -2.47. The van der Waals surface area contributed by atoms with Crippen molar-refractivity contribution in [3.05, 3.63) is 24.3 Å². The number of hydrogen-bond donors (Lipinski definition) is 1. The van der Waals surface area contributed by atoms with E-state index in [0.29, 0.717) is 12.8 Å². The van der Waals surface area contributed by atoms with Gasteiger partial charge in [0.15, 0.2) is 9.84 Å². The van der Waals surface area contributed by atoms with Crippen molar-refractivity contribution >= 4 is 43.5 Å². The number of amides is 3. The van der Waals surface area contributed by atoms with Gasteiger partial charge in [-0.15, -0.1) is 0 Å². The molecule has 31 heavy (non-hydrogen) atoms. The smallest absolute Gasteiger partial charge is 0.421 e. The summed E-state index contributed by atoms with van der Waals surface area (Å²) >= 11 is 0. The molecule has 1 aliphatic carbocycles. The molecule has 0 aromatic heterocycles. The first-order chi connectivity index (χ1) is 14.6. The maximum Gasteiger partial charge on any atom is 0.421 e. The fourth-order valence-electron chi connectivity index (χ4n) is 3.86. The molecule has 1 heterocycles. The molecule has 1 N–H and O–H groups in total. The molecule has 0 radical (unpaired) electrons. The van der Waals surface area contributed by atoms with Crippen molar-refractivity contribution in [2.45, 2.75) is 60.8 Å². The highest BCUT2D eigenvalue weighted by Gasteiger charge is 2.49. The topological polar surface area (TPSA) is 144 Å². The Balaban J connectivity index is 1.79. The van der Waals surface area contributed by atoms with E-state index in [0.717, 1.165) is 36.3 Å². The van der Waals surface area contributed by atoms with Crippen LogP contribution in [0.3, 0.4) is 0 Å². The molecule has 170 valence electrons. The highest BCUT2D eigenvalue weighted by molar-refractivity contribution is 7.93. The molecule has 1 saturated heterocycles. The summed E-state index contributed by atoms with van der Waals surface area (Å²) in [5.41, 5.74) is 0.0615. The van der Waals surface area contributed by atoms with Crippen molar-refractivity contribution < 1.29 is 36.0 Å². The van der Waals surface area contributed by atoms with Gasteiger partial charge < -0.3 is 4.74 Å². The van der Waals surface area contributed by atoms with Crippen molar-refractivity contribution in [2.24, 2.45) is 0 Å². The zero-order valence-electron chi connectivity index (χ0n) is 16.9. The Morgan fingerprint density at radius 1 is 1.06 bits per heavy atom. The zero-order valence-corrected chi connectivity index (χ0v) is 18.6. The van der Waals surface area contributed by atoms with Crippen LogP contribution >= 0.6 is 0 Å². The van der Waals surface area contributed by atoms with Gasteiger partial charge in [-0.3, -0.25) is 9.59 Å². The molecule has 10 nitrogen and oxygen atoms in total. The summed E-state index contributed by atoms with van der Waals surface area (Å²) in [5, 5.41) is -2.04. The summed E-state index contributed by atoms with van der Waals surface area (Å²) in [4.78, 5) is 37.2. The van der Waals surface area contributed by atoms with Crippen LogP contribution in [-0.4, -0.2) is 51.8 Å². The van der Waals surface area contributed by atoms with Crippen LogP contribution in [0.1, 0.15) is 45.4 Å². The van der Waals surface area contributed by atoms with E-state index in [9.17, 15) is 31.2 Å². The van der Waals surface area contributed by atoms with Gasteiger partial charge in [0.2, 0.25) is 5.91 Å². The molecule has 3 amide bonds. The van der Waals surface area contributed by atoms with Gasteiger partial charge >= 0.3 is 6.09 Å². The third-order valence-corrected chi connectivity index (χ3v) is 9.31. The fraction of sp³-hybridized carbons (Fsp3) is 0.526. The number of nitrogens with zero attached hydrogens (tertiary/aromatic N) is 1. The van der Waals surface area contributed by atoms with Crippen LogP contribution in [0, 0.1) is 0 Å². The number of carbonyl (C=O) groups excluding carboxylic acids is 3. The quantitative estimate of drug-likeness (QED) is 0.613. The molecule has 1 atom stereocenters. The van der Waals surface area contributed by atoms with Crippen LogP contribution in [0.15, 0.2) is 29.2 Å². The molecule has 1 saturated carbocycles. The summed E-state index contributed by atoms with van der Waals surface area (Å²) < 4.78 is 56.5. The van der Waals surface area contributed by atoms with Gasteiger partial charge in [-0.2, -0.15) is 0 Å². The minimum Gasteiger partial charge on any atom is -0.449 e. The second-order valence-corrected chi connectivity index (χ2v) is 11.5. The highest BCUT2D eigenvalue weighted by atomic mass is 32.2. The minimum absolute atomic E-state index is 0.00952. The summed E-state index contributed by atoms with van der Waals surface area (Å²) in [5.74, 6) is -1.48. The molecule has 12 heteroatoms. The van der Waals surface area contributed by atoms with Crippen molar-refractivity contribution in [1.29, 1.82) is 0 Å². The van der Waals surface area contributed by atoms with Crippen LogP contribution in [-0.2, 0) is 34.2 Å². The number of ether oxygens (including phenoxy) is 1. The Kier molecular flexibility index (Phi) is 6.70. The fourth-order valence-corrected chi connectivity index (χ4v) is 6.97. The first kappa shape index (κ1) is 23.2. The number of imide groups is 1. The maximum absolute atomic E-state index is 12.9. The van der Waals surface area contributed by atoms with E-state index in [-0.39, 0.29) is 17.2 Å². The van der Waals surface area contributed by atoms with Crippen LogP contribution in [0.5, 0.6) is 0 Å². The number of anilines is 1. The summed E-state index contributed by atoms with van der Waals surface area (Å²) in [6.07, 6.45) is 1.92. The molecule has 3 rings (SSSR count). The lowest BCUT2D eigenvalue weighted by Gasteiger charge is -2.24. The number of hydrogen-bond acceptors (Lipinski definition) is 8. The lowest BCUT2D eigenvalue weighted by molar-refractivity contribution is -0.121. The van der Waals surface area contributed by atoms with Gasteiger partial charge in [-0.1, -0.05) is 19.3 Å². The molecule has 1 aromatic carbocycles. The average Bonchev–Trinajstić information content (AvgIpc) is 3.03. The maximum atomic E-state index is 12.9. The van der Waals surface area contributed by atoms with Gasteiger partial charge in [0.05, 0.1) is 28.9 Å². The first-order valence-corrected chi connectivity index (χ1v) is 13.1. The van der Waals surface area contributed by atoms with Crippen LogP contribution in [0.25, 0.3) is 0 Å². The SMILES string of the molecule is CCOC(=O)NS(=O)(=O)c1ccc(N2C(=O)CC(S(=O)(=O)C3CCCCC3)C2=O)cc1. The molecular formula is C19H24N2O8S2. The molecule has 1 aliphatic heterocycles. The molecular weight excluding hydrogens is 448 g/mol. The number of nitrogens with one attached hydrogen (secondary N) is 1. The largest absolute Gasteiger partial charge is 0.449 e. The number of rotatable bonds is 6. The number of carbonyl (C=O) groups is 3. The zero-order chi connectivity index (χ0) is 22.8. The van der Waals surface area contributed by atoms with Crippen molar-refractivity contribution in [2.75, 3.05) is 11.5 Å². The predicted molar refractivity (Wildman–Crippen MR) is 110 cm³/mol. The molecule has 0 bridgehead atoms. The van der Waals surface area contributed by atoms with Crippen LogP contribution < -0.4 is 9.62 Å². The third-order valence-electron chi connectivity index (χ3n) is 5.42. The lowest BCUT2D eigenvalue weighted by atomic mass is 10.0. The summed E-state index contributed by atoms with van der Waals surface area (Å²) in [7, 11) is -8.01. The molecule has 2 fully saturated rings. The van der Waals surface area contributed by atoms with Crippen molar-refractivity contribution in [1.82, 2.24) is 4.72 Å². The number of benzene rings is 1. The van der Waals surface area contributed by atoms with E-state index in [4.69, 9.17) is 0 Å². The van der Waals surface area contributed by atoms with Gasteiger partial charge in [0, 0.05) is 0 Å². The Labute approximate surface area is 180 Å². The molecule has 1 unspecified atom stereocenters. The Bertz CT molecular complexity index is 1070. The second kappa shape index (κ2) is 8.95. The molecule has 0 spiro atoms. The molecule has 1 aromatic rings. The Morgan fingerprint density at radius 3 is 2.26 bits per heavy atom. The summed E-state index contributed by atoms with van der Waals surface area (Å²) in [6, 6.07) is 4.65. The van der Waals surface area contributed by atoms with Gasteiger partial charge in [-0.25, -0.2) is 31.3 Å². The van der Waals surface area contributed by atoms with E-state index >= 15 is 0 Å². The second-order valence-electron chi connectivity index (χ2n) is 7.43. The third kappa shape index (κ3) is 4.74. The molecule has 2 aliphatic rings. The Morgan fingerprint density at radius 2 is 1.68 bits per heavy atom. The lowest BCUT2D eigenvalue weighted by Crippen LogP contribution is -2.40. The minimum atomic E-state index is -4.21.